The third kappa shape index (κ3) is 5.70. The quantitative estimate of drug-likeness (QED) is 0.627. The molecule has 0 fully saturated rings. The summed E-state index contributed by atoms with van der Waals surface area (Å²) in [6.07, 6.45) is 1.19. The van der Waals surface area contributed by atoms with Gasteiger partial charge in [0.05, 0.1) is 5.69 Å². The lowest BCUT2D eigenvalue weighted by atomic mass is 10.2. The van der Waals surface area contributed by atoms with Gasteiger partial charge in [0.1, 0.15) is 6.54 Å². The van der Waals surface area contributed by atoms with E-state index in [1.54, 1.807) is 12.1 Å². The predicted molar refractivity (Wildman–Crippen MR) is 81.3 cm³/mol. The lowest BCUT2D eigenvalue weighted by Crippen LogP contribution is -2.40. The van der Waals surface area contributed by atoms with Crippen molar-refractivity contribution in [1.29, 1.82) is 0 Å². The molecule has 0 aliphatic heterocycles. The Morgan fingerprint density at radius 3 is 2.32 bits per heavy atom. The summed E-state index contributed by atoms with van der Waals surface area (Å²) in [5.41, 5.74) is 0.909. The zero-order chi connectivity index (χ0) is 16.8. The van der Waals surface area contributed by atoms with Crippen LogP contribution in [0.1, 0.15) is 25.3 Å². The Labute approximate surface area is 129 Å². The van der Waals surface area contributed by atoms with E-state index in [2.05, 4.69) is 5.32 Å². The zero-order valence-electron chi connectivity index (χ0n) is 12.2. The van der Waals surface area contributed by atoms with Crippen molar-refractivity contribution in [3.63, 3.8) is 0 Å². The number of carboxylic acid groups (broad SMARTS) is 1. The third-order valence-electron chi connectivity index (χ3n) is 2.78. The minimum absolute atomic E-state index is 0.0661. The molecule has 0 bridgehead atoms. The second-order valence-corrected chi connectivity index (χ2v) is 6.11. The molecule has 0 heterocycles. The van der Waals surface area contributed by atoms with Gasteiger partial charge in [-0.2, -0.15) is 8.42 Å². The Morgan fingerprint density at radius 2 is 1.86 bits per heavy atom. The van der Waals surface area contributed by atoms with E-state index in [1.807, 2.05) is 6.92 Å². The number of hydrogen-bond donors (Lipinski definition) is 3. The molecule has 122 valence electrons. The fourth-order valence-corrected chi connectivity index (χ4v) is 2.45. The Balaban J connectivity index is 2.81. The summed E-state index contributed by atoms with van der Waals surface area (Å²) in [7, 11) is -4.18. The lowest BCUT2D eigenvalue weighted by Gasteiger charge is -2.19. The Hall–Kier alpha value is -2.13. The molecule has 0 atom stereocenters. The molecule has 8 nitrogen and oxygen atoms in total. The summed E-state index contributed by atoms with van der Waals surface area (Å²) in [5.74, 6) is -1.38. The maximum absolute atomic E-state index is 11.4. The van der Waals surface area contributed by atoms with Crippen LogP contribution in [-0.4, -0.2) is 31.9 Å². The Kier molecular flexibility index (Phi) is 6.32. The summed E-state index contributed by atoms with van der Waals surface area (Å²) in [6, 6.07) is 6.08. The third-order valence-corrected chi connectivity index (χ3v) is 3.73. The summed E-state index contributed by atoms with van der Waals surface area (Å²) in [4.78, 5) is 22.1. The number of anilines is 1. The number of carbonyl (C=O) groups is 2. The maximum Gasteiger partial charge on any atom is 0.324 e. The number of carboxylic acids is 1. The largest absolute Gasteiger partial charge is 0.480 e. The van der Waals surface area contributed by atoms with Gasteiger partial charge in [-0.1, -0.05) is 19.1 Å². The Bertz CT molecular complexity index is 628. The number of benzene rings is 1. The van der Waals surface area contributed by atoms with Gasteiger partial charge < -0.3 is 10.4 Å². The lowest BCUT2D eigenvalue weighted by molar-refractivity contribution is -0.135. The molecule has 0 radical (unpaired) electrons. The molecule has 22 heavy (non-hydrogen) atoms. The summed E-state index contributed by atoms with van der Waals surface area (Å²) in [5, 5.41) is 16.5. The van der Waals surface area contributed by atoms with Gasteiger partial charge in [-0.3, -0.25) is 9.59 Å². The minimum Gasteiger partial charge on any atom is -0.480 e. The van der Waals surface area contributed by atoms with Crippen LogP contribution in [0.3, 0.4) is 0 Å². The average molecular weight is 329 g/mol. The molecule has 4 N–H and O–H groups in total. The highest BCUT2D eigenvalue weighted by molar-refractivity contribution is 7.90. The molecule has 1 aromatic carbocycles. The summed E-state index contributed by atoms with van der Waals surface area (Å²) in [6.45, 7) is 1.46. The number of nitrogens with one attached hydrogen (secondary N) is 1. The highest BCUT2D eigenvalue weighted by Crippen LogP contribution is 2.17. The number of hydrogen-bond acceptors (Lipinski definition) is 4. The maximum atomic E-state index is 11.4. The highest BCUT2D eigenvalue weighted by atomic mass is 32.2. The molecule has 0 aromatic heterocycles. The fourth-order valence-electron chi connectivity index (χ4n) is 1.75. The van der Waals surface area contributed by atoms with Crippen LogP contribution in [0.5, 0.6) is 0 Å². The number of amides is 1. The van der Waals surface area contributed by atoms with Crippen molar-refractivity contribution in [2.24, 2.45) is 5.14 Å². The van der Waals surface area contributed by atoms with Gasteiger partial charge in [-0.15, -0.1) is 0 Å². The number of nitrogens with two attached hydrogens (primary N) is 1. The molecular formula is C13H19N3O5S. The molecule has 0 saturated carbocycles. The number of nitrogens with zero attached hydrogens (tertiary/aromatic N) is 1. The van der Waals surface area contributed by atoms with Gasteiger partial charge in [0.2, 0.25) is 5.91 Å². The first-order valence-electron chi connectivity index (χ1n) is 6.62. The minimum atomic E-state index is -4.18. The monoisotopic (exact) mass is 329 g/mol. The average Bonchev–Trinajstić information content (AvgIpc) is 2.42. The van der Waals surface area contributed by atoms with Crippen molar-refractivity contribution < 1.29 is 23.1 Å². The van der Waals surface area contributed by atoms with Gasteiger partial charge in [-0.25, -0.2) is 9.44 Å². The first kappa shape index (κ1) is 17.9. The van der Waals surface area contributed by atoms with Gasteiger partial charge in [0.25, 0.3) is 10.2 Å². The Morgan fingerprint density at radius 1 is 1.27 bits per heavy atom. The molecule has 1 amide bonds. The molecule has 0 aliphatic carbocycles. The van der Waals surface area contributed by atoms with Crippen LogP contribution in [0.2, 0.25) is 0 Å². The van der Waals surface area contributed by atoms with Crippen molar-refractivity contribution in [2.75, 3.05) is 10.8 Å². The molecule has 0 saturated heterocycles. The van der Waals surface area contributed by atoms with Gasteiger partial charge in [0, 0.05) is 13.0 Å². The zero-order valence-corrected chi connectivity index (χ0v) is 13.0. The molecule has 0 unspecified atom stereocenters. The molecule has 9 heteroatoms. The van der Waals surface area contributed by atoms with Gasteiger partial charge in [-0.05, 0) is 24.1 Å². The van der Waals surface area contributed by atoms with Crippen LogP contribution >= 0.6 is 0 Å². The van der Waals surface area contributed by atoms with E-state index in [9.17, 15) is 18.0 Å². The summed E-state index contributed by atoms with van der Waals surface area (Å²) < 4.78 is 23.4. The van der Waals surface area contributed by atoms with Crippen LogP contribution in [0.25, 0.3) is 0 Å². The predicted octanol–water partition coefficient (Wildman–Crippen LogP) is 0.197. The van der Waals surface area contributed by atoms with E-state index in [4.69, 9.17) is 10.2 Å². The van der Waals surface area contributed by atoms with Crippen LogP contribution in [0, 0.1) is 0 Å². The summed E-state index contributed by atoms with van der Waals surface area (Å²) >= 11 is 0. The smallest absolute Gasteiger partial charge is 0.324 e. The van der Waals surface area contributed by atoms with Gasteiger partial charge >= 0.3 is 5.97 Å². The highest BCUT2D eigenvalue weighted by Gasteiger charge is 2.20. The van der Waals surface area contributed by atoms with E-state index in [0.717, 1.165) is 12.0 Å². The number of carbonyl (C=O) groups excluding carboxylic acids is 1. The van der Waals surface area contributed by atoms with Crippen molar-refractivity contribution in [2.45, 2.75) is 26.3 Å². The molecule has 1 rings (SSSR count). The van der Waals surface area contributed by atoms with Crippen molar-refractivity contribution in [3.8, 4) is 0 Å². The van der Waals surface area contributed by atoms with E-state index < -0.39 is 22.7 Å². The molecule has 0 spiro atoms. The van der Waals surface area contributed by atoms with Crippen LogP contribution in [-0.2, 0) is 26.3 Å². The van der Waals surface area contributed by atoms with Crippen LogP contribution in [0.15, 0.2) is 24.3 Å². The van der Waals surface area contributed by atoms with E-state index in [0.29, 0.717) is 17.3 Å². The van der Waals surface area contributed by atoms with Crippen molar-refractivity contribution in [3.05, 3.63) is 29.8 Å². The van der Waals surface area contributed by atoms with E-state index in [-0.39, 0.29) is 11.6 Å². The second-order valence-electron chi connectivity index (χ2n) is 4.64. The molecular weight excluding hydrogens is 310 g/mol. The van der Waals surface area contributed by atoms with Gasteiger partial charge in [0.15, 0.2) is 0 Å². The standard InChI is InChI=1S/C13H19N3O5S/c1-2-3-12(17)15-8-10-4-6-11(7-5-10)16(9-13(18)19)22(14,20)21/h4-7H,2-3,8-9H2,1H3,(H,15,17)(H,18,19)(H2,14,20,21). The first-order valence-corrected chi connectivity index (χ1v) is 8.12. The SMILES string of the molecule is CCCC(=O)NCc1ccc(N(CC(=O)O)S(N)(=O)=O)cc1. The van der Waals surface area contributed by atoms with Crippen molar-refractivity contribution in [1.82, 2.24) is 5.32 Å². The van der Waals surface area contributed by atoms with E-state index >= 15 is 0 Å². The normalized spacial score (nSPS) is 11.0. The fraction of sp³-hybridized carbons (Fsp3) is 0.385. The first-order chi connectivity index (χ1) is 10.2. The molecule has 1 aromatic rings. The second kappa shape index (κ2) is 7.76. The van der Waals surface area contributed by atoms with E-state index in [1.165, 1.54) is 12.1 Å². The van der Waals surface area contributed by atoms with Crippen LogP contribution < -0.4 is 14.8 Å². The number of rotatable bonds is 8. The topological polar surface area (TPSA) is 130 Å². The number of aliphatic carboxylic acids is 1. The van der Waals surface area contributed by atoms with Crippen LogP contribution in [0.4, 0.5) is 5.69 Å². The van der Waals surface area contributed by atoms with Crippen molar-refractivity contribution >= 4 is 27.8 Å². The molecule has 0 aliphatic rings.